The third-order valence-electron chi connectivity index (χ3n) is 3.13. The van der Waals surface area contributed by atoms with Gasteiger partial charge in [-0.2, -0.15) is 5.10 Å². The van der Waals surface area contributed by atoms with Gasteiger partial charge in [-0.25, -0.2) is 4.79 Å². The summed E-state index contributed by atoms with van der Waals surface area (Å²) >= 11 is 0. The van der Waals surface area contributed by atoms with Gasteiger partial charge in [-0.05, 0) is 5.92 Å². The fraction of sp³-hybridized carbons (Fsp3) is 0.583. The molecule has 106 valence electrons. The molecule has 3 amide bonds. The smallest absolute Gasteiger partial charge is 0.312 e. The van der Waals surface area contributed by atoms with Gasteiger partial charge in [0, 0.05) is 25.4 Å². The minimum absolute atomic E-state index is 0.0202. The quantitative estimate of drug-likeness (QED) is 0.697. The third kappa shape index (κ3) is 4.27. The summed E-state index contributed by atoms with van der Waals surface area (Å²) in [6, 6.07) is -1.28. The minimum Gasteiger partial charge on any atom is -0.352 e. The van der Waals surface area contributed by atoms with E-state index in [1.807, 2.05) is 13.8 Å². The number of nitrogens with two attached hydrogens (primary N) is 1. The molecule has 0 radical (unpaired) electrons. The normalized spacial score (nSPS) is 13.6. The van der Waals surface area contributed by atoms with Crippen LogP contribution in [0.15, 0.2) is 12.4 Å². The van der Waals surface area contributed by atoms with Gasteiger partial charge < -0.3 is 16.0 Å². The van der Waals surface area contributed by atoms with Gasteiger partial charge in [0.15, 0.2) is 0 Å². The summed E-state index contributed by atoms with van der Waals surface area (Å²) in [4.78, 5) is 24.9. The van der Waals surface area contributed by atoms with Gasteiger partial charge >= 0.3 is 6.03 Å². The minimum atomic E-state index is -0.685. The van der Waals surface area contributed by atoms with Crippen LogP contribution in [-0.4, -0.2) is 40.1 Å². The number of hydrogen-bond acceptors (Lipinski definition) is 3. The zero-order chi connectivity index (χ0) is 14.4. The summed E-state index contributed by atoms with van der Waals surface area (Å²) in [5, 5.41) is 9.03. The number of nitrogens with zero attached hydrogens (tertiary/aromatic N) is 2. The molecule has 1 aromatic rings. The van der Waals surface area contributed by atoms with E-state index >= 15 is 0 Å². The van der Waals surface area contributed by atoms with E-state index in [4.69, 9.17) is 5.73 Å². The number of nitrogens with one attached hydrogen (secondary N) is 2. The molecule has 1 rings (SSSR count). The van der Waals surface area contributed by atoms with Crippen molar-refractivity contribution in [3.8, 4) is 0 Å². The number of amides is 3. The van der Waals surface area contributed by atoms with E-state index in [1.165, 1.54) is 0 Å². The number of aromatic nitrogens is 2. The van der Waals surface area contributed by atoms with Gasteiger partial charge in [0.05, 0.1) is 6.20 Å². The Bertz CT molecular complexity index is 418. The number of carbonyl (C=O) groups is 2. The van der Waals surface area contributed by atoms with Crippen molar-refractivity contribution in [2.75, 3.05) is 7.05 Å². The molecule has 7 nitrogen and oxygen atoms in total. The number of rotatable bonds is 6. The molecular formula is C12H21N5O2. The summed E-state index contributed by atoms with van der Waals surface area (Å²) in [7, 11) is 1.69. The molecule has 2 unspecified atom stereocenters. The maximum atomic E-state index is 12.3. The van der Waals surface area contributed by atoms with Crippen LogP contribution in [0.2, 0.25) is 0 Å². The molecule has 0 aromatic carbocycles. The van der Waals surface area contributed by atoms with E-state index < -0.39 is 12.1 Å². The lowest BCUT2D eigenvalue weighted by molar-refractivity contribution is -0.133. The second kappa shape index (κ2) is 6.77. The van der Waals surface area contributed by atoms with Crippen molar-refractivity contribution in [1.82, 2.24) is 20.4 Å². The number of carbonyl (C=O) groups excluding carboxylic acids is 2. The predicted octanol–water partition coefficient (Wildman–Crippen LogP) is 0.451. The molecule has 0 saturated heterocycles. The van der Waals surface area contributed by atoms with Crippen LogP contribution < -0.4 is 11.1 Å². The second-order valence-electron chi connectivity index (χ2n) is 4.67. The largest absolute Gasteiger partial charge is 0.352 e. The first-order chi connectivity index (χ1) is 8.95. The van der Waals surface area contributed by atoms with Crippen LogP contribution in [0.3, 0.4) is 0 Å². The average molecular weight is 267 g/mol. The van der Waals surface area contributed by atoms with Crippen LogP contribution >= 0.6 is 0 Å². The van der Waals surface area contributed by atoms with Gasteiger partial charge in [0.1, 0.15) is 6.04 Å². The van der Waals surface area contributed by atoms with Gasteiger partial charge in [0.2, 0.25) is 5.91 Å². The number of hydrogen-bond donors (Lipinski definition) is 3. The van der Waals surface area contributed by atoms with Gasteiger partial charge in [-0.1, -0.05) is 20.3 Å². The van der Waals surface area contributed by atoms with E-state index in [0.29, 0.717) is 6.54 Å². The number of H-pyrrole nitrogens is 1. The summed E-state index contributed by atoms with van der Waals surface area (Å²) in [6.45, 7) is 4.30. The van der Waals surface area contributed by atoms with Crippen molar-refractivity contribution in [3.63, 3.8) is 0 Å². The van der Waals surface area contributed by atoms with Crippen LogP contribution in [0.5, 0.6) is 0 Å². The van der Waals surface area contributed by atoms with Gasteiger partial charge in [0.25, 0.3) is 0 Å². The fourth-order valence-electron chi connectivity index (χ4n) is 1.79. The topological polar surface area (TPSA) is 104 Å². The number of likely N-dealkylation sites (N-methyl/N-ethyl adjacent to an activating group) is 1. The SMILES string of the molecule is CCC(C)C(NC(N)=O)C(=O)N(C)Cc1cn[nH]c1. The number of primary amides is 1. The fourth-order valence-corrected chi connectivity index (χ4v) is 1.79. The molecular weight excluding hydrogens is 246 g/mol. The Morgan fingerprint density at radius 2 is 2.26 bits per heavy atom. The van der Waals surface area contributed by atoms with Crippen LogP contribution in [0.4, 0.5) is 4.79 Å². The highest BCUT2D eigenvalue weighted by atomic mass is 16.2. The summed E-state index contributed by atoms with van der Waals surface area (Å²) < 4.78 is 0. The van der Waals surface area contributed by atoms with Crippen molar-refractivity contribution in [2.24, 2.45) is 11.7 Å². The molecule has 0 aliphatic heterocycles. The Balaban J connectivity index is 2.71. The highest BCUT2D eigenvalue weighted by Crippen LogP contribution is 2.11. The highest BCUT2D eigenvalue weighted by Gasteiger charge is 2.27. The van der Waals surface area contributed by atoms with E-state index in [1.54, 1.807) is 24.3 Å². The monoisotopic (exact) mass is 267 g/mol. The molecule has 4 N–H and O–H groups in total. The summed E-state index contributed by atoms with van der Waals surface area (Å²) in [5.41, 5.74) is 6.02. The molecule has 0 fully saturated rings. The Hall–Kier alpha value is -2.05. The molecule has 19 heavy (non-hydrogen) atoms. The lowest BCUT2D eigenvalue weighted by atomic mass is 9.98. The molecule has 1 heterocycles. The van der Waals surface area contributed by atoms with E-state index in [0.717, 1.165) is 12.0 Å². The standard InChI is InChI=1S/C12H21N5O2/c1-4-8(2)10(16-12(13)19)11(18)17(3)7-9-5-14-15-6-9/h5-6,8,10H,4,7H2,1-3H3,(H,14,15)(H3,13,16,19). The average Bonchev–Trinajstić information content (AvgIpc) is 2.86. The van der Waals surface area contributed by atoms with Crippen molar-refractivity contribution in [3.05, 3.63) is 18.0 Å². The summed E-state index contributed by atoms with van der Waals surface area (Å²) in [5.74, 6) is -0.138. The third-order valence-corrected chi connectivity index (χ3v) is 3.13. The highest BCUT2D eigenvalue weighted by molar-refractivity contribution is 5.86. The van der Waals surface area contributed by atoms with E-state index in [9.17, 15) is 9.59 Å². The van der Waals surface area contributed by atoms with Gasteiger partial charge in [-0.15, -0.1) is 0 Å². The van der Waals surface area contributed by atoms with Crippen LogP contribution in [0, 0.1) is 5.92 Å². The Kier molecular flexibility index (Phi) is 5.35. The predicted molar refractivity (Wildman–Crippen MR) is 71.0 cm³/mol. The first kappa shape index (κ1) is 15.0. The van der Waals surface area contributed by atoms with Crippen molar-refractivity contribution in [1.29, 1.82) is 0 Å². The van der Waals surface area contributed by atoms with Crippen LogP contribution in [0.1, 0.15) is 25.8 Å². The Labute approximate surface area is 112 Å². The van der Waals surface area contributed by atoms with Crippen molar-refractivity contribution in [2.45, 2.75) is 32.9 Å². The molecule has 0 aliphatic rings. The zero-order valence-electron chi connectivity index (χ0n) is 11.5. The van der Waals surface area contributed by atoms with Crippen molar-refractivity contribution < 1.29 is 9.59 Å². The molecule has 0 aliphatic carbocycles. The maximum absolute atomic E-state index is 12.3. The first-order valence-electron chi connectivity index (χ1n) is 6.24. The molecule has 0 bridgehead atoms. The van der Waals surface area contributed by atoms with E-state index in [-0.39, 0.29) is 11.8 Å². The van der Waals surface area contributed by atoms with E-state index in [2.05, 4.69) is 15.5 Å². The maximum Gasteiger partial charge on any atom is 0.312 e. The Morgan fingerprint density at radius 1 is 1.58 bits per heavy atom. The second-order valence-corrected chi connectivity index (χ2v) is 4.67. The molecule has 2 atom stereocenters. The lowest BCUT2D eigenvalue weighted by Gasteiger charge is -2.27. The lowest BCUT2D eigenvalue weighted by Crippen LogP contribution is -2.52. The number of urea groups is 1. The number of aromatic amines is 1. The summed E-state index contributed by atoms with van der Waals surface area (Å²) in [6.07, 6.45) is 4.16. The van der Waals surface area contributed by atoms with Crippen LogP contribution in [-0.2, 0) is 11.3 Å². The van der Waals surface area contributed by atoms with Crippen LogP contribution in [0.25, 0.3) is 0 Å². The molecule has 1 aromatic heterocycles. The molecule has 0 spiro atoms. The molecule has 7 heteroatoms. The molecule has 0 saturated carbocycles. The van der Waals surface area contributed by atoms with Crippen molar-refractivity contribution >= 4 is 11.9 Å². The first-order valence-corrected chi connectivity index (χ1v) is 6.24. The zero-order valence-corrected chi connectivity index (χ0v) is 11.5. The van der Waals surface area contributed by atoms with Gasteiger partial charge in [-0.3, -0.25) is 9.89 Å². The Morgan fingerprint density at radius 3 is 2.74 bits per heavy atom.